The van der Waals surface area contributed by atoms with Gasteiger partial charge in [0.25, 0.3) is 0 Å². The van der Waals surface area contributed by atoms with Crippen molar-refractivity contribution in [3.63, 3.8) is 0 Å². The van der Waals surface area contributed by atoms with Crippen molar-refractivity contribution in [1.82, 2.24) is 10.6 Å². The number of amides is 2. The zero-order valence-corrected chi connectivity index (χ0v) is 15.2. The molecule has 0 radical (unpaired) electrons. The standard InChI is InChI=1S/C17H29N3O5/c1-5-12(6-2)25-14-8-11(17(23)24)7-13(15(14)19-10(4)21)20-16(22)9(3)18/h8-9,12-15H,5-7,18H2,1-4H3,(H,19,21)(H,20,22)(H,23,24)/t9-,13+,14-,15-/m1/s1. The molecule has 0 heterocycles. The Morgan fingerprint density at radius 1 is 1.32 bits per heavy atom. The summed E-state index contributed by atoms with van der Waals surface area (Å²) < 4.78 is 6.02. The second-order valence-electron chi connectivity index (χ2n) is 6.37. The monoisotopic (exact) mass is 355 g/mol. The summed E-state index contributed by atoms with van der Waals surface area (Å²) in [6, 6.07) is -1.92. The lowest BCUT2D eigenvalue weighted by atomic mass is 9.87. The minimum absolute atomic E-state index is 0.0737. The average Bonchev–Trinajstić information content (AvgIpc) is 2.53. The predicted molar refractivity (Wildman–Crippen MR) is 92.8 cm³/mol. The number of nitrogens with two attached hydrogens (primary N) is 1. The SMILES string of the molecule is CCC(CC)O[C@@H]1C=C(C(=O)O)C[C@H](NC(=O)[C@@H](C)N)[C@H]1NC(C)=O. The van der Waals surface area contributed by atoms with E-state index in [0.717, 1.165) is 12.8 Å². The van der Waals surface area contributed by atoms with E-state index in [0.29, 0.717) is 0 Å². The van der Waals surface area contributed by atoms with E-state index in [4.69, 9.17) is 10.5 Å². The Hall–Kier alpha value is -1.93. The fourth-order valence-corrected chi connectivity index (χ4v) is 2.82. The summed E-state index contributed by atoms with van der Waals surface area (Å²) in [6.45, 7) is 6.86. The van der Waals surface area contributed by atoms with E-state index in [-0.39, 0.29) is 24.0 Å². The summed E-state index contributed by atoms with van der Waals surface area (Å²) in [5.74, 6) is -1.76. The van der Waals surface area contributed by atoms with Crippen LogP contribution >= 0.6 is 0 Å². The molecule has 4 atom stereocenters. The molecule has 0 aromatic heterocycles. The number of carbonyl (C=O) groups excluding carboxylic acids is 2. The Morgan fingerprint density at radius 2 is 1.92 bits per heavy atom. The summed E-state index contributed by atoms with van der Waals surface area (Å²) in [6.07, 6.45) is 2.40. The van der Waals surface area contributed by atoms with Crippen LogP contribution in [0.15, 0.2) is 11.6 Å². The molecule has 0 bridgehead atoms. The minimum Gasteiger partial charge on any atom is -0.478 e. The first-order valence-corrected chi connectivity index (χ1v) is 8.62. The average molecular weight is 355 g/mol. The molecule has 0 aliphatic heterocycles. The molecule has 0 aromatic carbocycles. The van der Waals surface area contributed by atoms with Crippen LogP contribution in [0.3, 0.4) is 0 Å². The van der Waals surface area contributed by atoms with Crippen LogP contribution < -0.4 is 16.4 Å². The lowest BCUT2D eigenvalue weighted by Crippen LogP contribution is -2.61. The van der Waals surface area contributed by atoms with E-state index < -0.39 is 36.1 Å². The van der Waals surface area contributed by atoms with Crippen LogP contribution in [-0.4, -0.2) is 53.2 Å². The maximum Gasteiger partial charge on any atom is 0.331 e. The third-order valence-corrected chi connectivity index (χ3v) is 4.24. The molecule has 1 aliphatic carbocycles. The van der Waals surface area contributed by atoms with Gasteiger partial charge in [0.2, 0.25) is 11.8 Å². The van der Waals surface area contributed by atoms with Crippen molar-refractivity contribution in [2.45, 2.75) is 77.3 Å². The van der Waals surface area contributed by atoms with Crippen LogP contribution in [0, 0.1) is 0 Å². The topological polar surface area (TPSA) is 131 Å². The Morgan fingerprint density at radius 3 is 2.36 bits per heavy atom. The number of rotatable bonds is 8. The molecule has 1 aliphatic rings. The summed E-state index contributed by atoms with van der Waals surface area (Å²) in [7, 11) is 0. The van der Waals surface area contributed by atoms with Crippen LogP contribution in [0.2, 0.25) is 0 Å². The Kier molecular flexibility index (Phi) is 8.05. The van der Waals surface area contributed by atoms with Gasteiger partial charge in [-0.1, -0.05) is 13.8 Å². The summed E-state index contributed by atoms with van der Waals surface area (Å²) in [4.78, 5) is 35.1. The number of hydrogen-bond donors (Lipinski definition) is 4. The normalized spacial score (nSPS) is 24.4. The van der Waals surface area contributed by atoms with Gasteiger partial charge in [-0.3, -0.25) is 9.59 Å². The van der Waals surface area contributed by atoms with Gasteiger partial charge in [-0.2, -0.15) is 0 Å². The lowest BCUT2D eigenvalue weighted by Gasteiger charge is -2.38. The molecule has 0 unspecified atom stereocenters. The Bertz CT molecular complexity index is 528. The third-order valence-electron chi connectivity index (χ3n) is 4.24. The van der Waals surface area contributed by atoms with Crippen molar-refractivity contribution in [1.29, 1.82) is 0 Å². The third kappa shape index (κ3) is 6.13. The number of carboxylic acid groups (broad SMARTS) is 1. The molecule has 0 saturated heterocycles. The zero-order valence-electron chi connectivity index (χ0n) is 15.2. The summed E-state index contributed by atoms with van der Waals surface area (Å²) >= 11 is 0. The van der Waals surface area contributed by atoms with E-state index in [1.54, 1.807) is 0 Å². The van der Waals surface area contributed by atoms with Gasteiger partial charge in [-0.15, -0.1) is 0 Å². The van der Waals surface area contributed by atoms with Crippen LogP contribution in [0.4, 0.5) is 0 Å². The predicted octanol–water partition coefficient (Wildman–Crippen LogP) is 0.312. The van der Waals surface area contributed by atoms with Crippen molar-refractivity contribution in [3.8, 4) is 0 Å². The van der Waals surface area contributed by atoms with Crippen molar-refractivity contribution in [2.24, 2.45) is 5.73 Å². The number of hydrogen-bond acceptors (Lipinski definition) is 5. The Labute approximate surface area is 148 Å². The number of aliphatic carboxylic acids is 1. The van der Waals surface area contributed by atoms with Crippen molar-refractivity contribution >= 4 is 17.8 Å². The van der Waals surface area contributed by atoms with Crippen LogP contribution in [0.5, 0.6) is 0 Å². The number of carboxylic acids is 1. The highest BCUT2D eigenvalue weighted by molar-refractivity contribution is 5.88. The van der Waals surface area contributed by atoms with E-state index in [9.17, 15) is 19.5 Å². The van der Waals surface area contributed by atoms with Crippen LogP contribution in [0.1, 0.15) is 47.0 Å². The van der Waals surface area contributed by atoms with Gasteiger partial charge >= 0.3 is 5.97 Å². The maximum absolute atomic E-state index is 12.0. The van der Waals surface area contributed by atoms with Gasteiger partial charge in [0.1, 0.15) is 0 Å². The maximum atomic E-state index is 12.0. The molecule has 0 aromatic rings. The molecular weight excluding hydrogens is 326 g/mol. The second-order valence-corrected chi connectivity index (χ2v) is 6.37. The van der Waals surface area contributed by atoms with E-state index >= 15 is 0 Å². The van der Waals surface area contributed by atoms with Crippen molar-refractivity contribution in [3.05, 3.63) is 11.6 Å². The smallest absolute Gasteiger partial charge is 0.331 e. The molecule has 8 heteroatoms. The largest absolute Gasteiger partial charge is 0.478 e. The quantitative estimate of drug-likeness (QED) is 0.496. The van der Waals surface area contributed by atoms with Crippen LogP contribution in [0.25, 0.3) is 0 Å². The molecule has 0 fully saturated rings. The van der Waals surface area contributed by atoms with Crippen molar-refractivity contribution in [2.75, 3.05) is 0 Å². The zero-order chi connectivity index (χ0) is 19.1. The molecule has 0 saturated carbocycles. The lowest BCUT2D eigenvalue weighted by molar-refractivity contribution is -0.134. The van der Waals surface area contributed by atoms with E-state index in [1.165, 1.54) is 19.9 Å². The van der Waals surface area contributed by atoms with Gasteiger partial charge in [-0.05, 0) is 25.8 Å². The first-order chi connectivity index (χ1) is 11.7. The first-order valence-electron chi connectivity index (χ1n) is 8.62. The molecule has 0 spiro atoms. The number of carbonyl (C=O) groups is 3. The fourth-order valence-electron chi connectivity index (χ4n) is 2.82. The molecule has 142 valence electrons. The van der Waals surface area contributed by atoms with Gasteiger partial charge in [0.05, 0.1) is 30.3 Å². The highest BCUT2D eigenvalue weighted by Gasteiger charge is 2.38. The van der Waals surface area contributed by atoms with Crippen LogP contribution in [-0.2, 0) is 19.1 Å². The highest BCUT2D eigenvalue weighted by Crippen LogP contribution is 2.24. The van der Waals surface area contributed by atoms with Gasteiger partial charge in [-0.25, -0.2) is 4.79 Å². The second kappa shape index (κ2) is 9.53. The summed E-state index contributed by atoms with van der Waals surface area (Å²) in [5, 5.41) is 14.9. The highest BCUT2D eigenvalue weighted by atomic mass is 16.5. The molecule has 5 N–H and O–H groups in total. The van der Waals surface area contributed by atoms with Gasteiger partial charge in [0, 0.05) is 18.9 Å². The van der Waals surface area contributed by atoms with Gasteiger partial charge in [0.15, 0.2) is 0 Å². The molecule has 25 heavy (non-hydrogen) atoms. The number of ether oxygens (including phenoxy) is 1. The molecule has 8 nitrogen and oxygen atoms in total. The summed E-state index contributed by atoms with van der Waals surface area (Å²) in [5.41, 5.74) is 5.74. The van der Waals surface area contributed by atoms with Gasteiger partial charge < -0.3 is 26.2 Å². The number of nitrogens with one attached hydrogen (secondary N) is 2. The Balaban J connectivity index is 3.16. The minimum atomic E-state index is -1.07. The molecule has 2 amide bonds. The molecular formula is C17H29N3O5. The van der Waals surface area contributed by atoms with E-state index in [1.807, 2.05) is 13.8 Å². The van der Waals surface area contributed by atoms with Crippen molar-refractivity contribution < 1.29 is 24.2 Å². The fraction of sp³-hybridized carbons (Fsp3) is 0.706. The first kappa shape index (κ1) is 21.1. The van der Waals surface area contributed by atoms with E-state index in [2.05, 4.69) is 10.6 Å². The molecule has 1 rings (SSSR count).